The van der Waals surface area contributed by atoms with E-state index in [0.717, 1.165) is 0 Å². The Bertz CT molecular complexity index is 811. The second-order valence-corrected chi connectivity index (χ2v) is 9.18. The molecule has 1 aromatic rings. The Balaban J connectivity index is 3.18. The van der Waals surface area contributed by atoms with Crippen LogP contribution in [-0.4, -0.2) is 57.4 Å². The van der Waals surface area contributed by atoms with Crippen LogP contribution >= 0.6 is 0 Å². The number of alkyl carbamates (subject to hydrolysis) is 1. The summed E-state index contributed by atoms with van der Waals surface area (Å²) in [6.07, 6.45) is -2.85. The molecule has 0 aromatic heterocycles. The minimum atomic E-state index is -1.56. The number of carbonyl (C=O) groups excluding carboxylic acids is 2. The number of benzene rings is 1. The van der Waals surface area contributed by atoms with Gasteiger partial charge >= 0.3 is 18.0 Å². The molecular formula is C22H32N2O8. The first-order valence-corrected chi connectivity index (χ1v) is 10.1. The molecule has 32 heavy (non-hydrogen) atoms. The Morgan fingerprint density at radius 3 is 1.91 bits per heavy atom. The number of carbonyl (C=O) groups is 4. The van der Waals surface area contributed by atoms with Crippen molar-refractivity contribution < 1.29 is 38.9 Å². The minimum Gasteiger partial charge on any atom is -0.481 e. The largest absolute Gasteiger partial charge is 0.481 e. The van der Waals surface area contributed by atoms with Gasteiger partial charge in [-0.15, -0.1) is 0 Å². The Kier molecular flexibility index (Phi) is 9.20. The number of rotatable bonds is 9. The lowest BCUT2D eigenvalue weighted by molar-refractivity contribution is -0.152. The molecule has 0 spiro atoms. The zero-order valence-electron chi connectivity index (χ0n) is 19.2. The first-order chi connectivity index (χ1) is 14.6. The monoisotopic (exact) mass is 452 g/mol. The van der Waals surface area contributed by atoms with Crippen LogP contribution in [-0.2, 0) is 23.9 Å². The maximum atomic E-state index is 12.8. The number of carboxylic acids is 2. The summed E-state index contributed by atoms with van der Waals surface area (Å²) in [5, 5.41) is 23.5. The van der Waals surface area contributed by atoms with Gasteiger partial charge in [-0.05, 0) is 47.1 Å². The predicted octanol–water partition coefficient (Wildman–Crippen LogP) is 2.48. The summed E-state index contributed by atoms with van der Waals surface area (Å²) >= 11 is 0. The van der Waals surface area contributed by atoms with Crippen molar-refractivity contribution in [2.75, 3.05) is 0 Å². The van der Waals surface area contributed by atoms with Crippen molar-refractivity contribution >= 4 is 23.9 Å². The molecule has 1 unspecified atom stereocenters. The van der Waals surface area contributed by atoms with Crippen LogP contribution in [0.2, 0.25) is 0 Å². The number of nitrogens with one attached hydrogen (secondary N) is 2. The van der Waals surface area contributed by atoms with Crippen LogP contribution in [0.1, 0.15) is 59.6 Å². The fourth-order valence-electron chi connectivity index (χ4n) is 2.71. The van der Waals surface area contributed by atoms with E-state index in [-0.39, 0.29) is 0 Å². The predicted molar refractivity (Wildman–Crippen MR) is 115 cm³/mol. The van der Waals surface area contributed by atoms with Gasteiger partial charge in [-0.1, -0.05) is 30.3 Å². The van der Waals surface area contributed by atoms with Crippen LogP contribution in [0.15, 0.2) is 30.3 Å². The number of carboxylic acid groups (broad SMARTS) is 2. The quantitative estimate of drug-likeness (QED) is 0.446. The highest BCUT2D eigenvalue weighted by molar-refractivity contribution is 5.92. The van der Waals surface area contributed by atoms with Crippen molar-refractivity contribution in [3.05, 3.63) is 35.9 Å². The summed E-state index contributed by atoms with van der Waals surface area (Å²) in [4.78, 5) is 48.2. The lowest BCUT2D eigenvalue weighted by Gasteiger charge is -2.32. The fourth-order valence-corrected chi connectivity index (χ4v) is 2.71. The highest BCUT2D eigenvalue weighted by atomic mass is 16.6. The summed E-state index contributed by atoms with van der Waals surface area (Å²) in [5.41, 5.74) is -1.13. The van der Waals surface area contributed by atoms with Gasteiger partial charge in [0.05, 0.1) is 12.0 Å². The van der Waals surface area contributed by atoms with Crippen LogP contribution in [0.5, 0.6) is 0 Å². The lowest BCUT2D eigenvalue weighted by atomic mass is 10.00. The molecule has 0 bridgehead atoms. The van der Waals surface area contributed by atoms with E-state index in [2.05, 4.69) is 10.6 Å². The average molecular weight is 453 g/mol. The molecule has 0 aliphatic carbocycles. The maximum Gasteiger partial charge on any atom is 0.408 e. The summed E-state index contributed by atoms with van der Waals surface area (Å²) in [6, 6.07) is 5.35. The molecule has 0 aliphatic rings. The molecule has 0 saturated carbocycles. The van der Waals surface area contributed by atoms with E-state index in [1.165, 1.54) is 0 Å². The first kappa shape index (κ1) is 26.9. The molecular weight excluding hydrogens is 420 g/mol. The van der Waals surface area contributed by atoms with Crippen LogP contribution in [0.25, 0.3) is 0 Å². The van der Waals surface area contributed by atoms with Gasteiger partial charge in [-0.25, -0.2) is 9.59 Å². The zero-order chi connectivity index (χ0) is 24.7. The molecule has 4 N–H and O–H groups in total. The van der Waals surface area contributed by atoms with Crippen molar-refractivity contribution in [1.82, 2.24) is 10.6 Å². The van der Waals surface area contributed by atoms with Crippen molar-refractivity contribution in [3.8, 4) is 0 Å². The third-order valence-electron chi connectivity index (χ3n) is 3.86. The van der Waals surface area contributed by atoms with Gasteiger partial charge < -0.3 is 30.3 Å². The van der Waals surface area contributed by atoms with Crippen molar-refractivity contribution in [2.45, 2.75) is 77.4 Å². The van der Waals surface area contributed by atoms with Gasteiger partial charge in [0.25, 0.3) is 0 Å². The second kappa shape index (κ2) is 10.9. The van der Waals surface area contributed by atoms with Crippen molar-refractivity contribution in [2.24, 2.45) is 0 Å². The summed E-state index contributed by atoms with van der Waals surface area (Å²) in [6.45, 7) is 10.0. The molecule has 1 rings (SSSR count). The average Bonchev–Trinajstić information content (AvgIpc) is 2.61. The Hall–Kier alpha value is -3.14. The Morgan fingerprint density at radius 1 is 0.906 bits per heavy atom. The number of hydrogen-bond donors (Lipinski definition) is 4. The van der Waals surface area contributed by atoms with Crippen LogP contribution in [0.3, 0.4) is 0 Å². The van der Waals surface area contributed by atoms with Crippen LogP contribution in [0.4, 0.5) is 4.79 Å². The smallest absolute Gasteiger partial charge is 0.408 e. The van der Waals surface area contributed by atoms with Crippen LogP contribution < -0.4 is 10.6 Å². The second-order valence-electron chi connectivity index (χ2n) is 9.18. The van der Waals surface area contributed by atoms with E-state index in [1.54, 1.807) is 71.9 Å². The van der Waals surface area contributed by atoms with Gasteiger partial charge in [-0.2, -0.15) is 0 Å². The van der Waals surface area contributed by atoms with E-state index in [1.807, 2.05) is 0 Å². The minimum absolute atomic E-state index is 0.505. The van der Waals surface area contributed by atoms with Gasteiger partial charge in [0.1, 0.15) is 17.7 Å². The first-order valence-electron chi connectivity index (χ1n) is 10.1. The summed E-state index contributed by atoms with van der Waals surface area (Å²) in [7, 11) is 0. The maximum absolute atomic E-state index is 12.8. The molecule has 178 valence electrons. The normalized spacial score (nSPS) is 14.6. The number of amides is 2. The molecule has 0 radical (unpaired) electrons. The number of aliphatic carboxylic acids is 2. The number of ether oxygens (including phenoxy) is 2. The number of hydrogen-bond acceptors (Lipinski definition) is 6. The van der Waals surface area contributed by atoms with E-state index in [0.29, 0.717) is 5.56 Å². The summed E-state index contributed by atoms with van der Waals surface area (Å²) in [5.74, 6) is -3.74. The molecule has 0 heterocycles. The topological polar surface area (TPSA) is 151 Å². The molecule has 0 saturated heterocycles. The molecule has 3 atom stereocenters. The highest BCUT2D eigenvalue weighted by Gasteiger charge is 2.37. The van der Waals surface area contributed by atoms with E-state index < -0.39 is 59.7 Å². The fraction of sp³-hybridized carbons (Fsp3) is 0.545. The van der Waals surface area contributed by atoms with E-state index in [4.69, 9.17) is 14.6 Å². The third-order valence-corrected chi connectivity index (χ3v) is 3.86. The Labute approximate surface area is 187 Å². The van der Waals surface area contributed by atoms with Crippen molar-refractivity contribution in [1.29, 1.82) is 0 Å². The molecule has 0 fully saturated rings. The summed E-state index contributed by atoms with van der Waals surface area (Å²) < 4.78 is 11.0. The van der Waals surface area contributed by atoms with E-state index >= 15 is 0 Å². The molecule has 10 heteroatoms. The molecule has 0 aliphatic heterocycles. The molecule has 1 aromatic carbocycles. The lowest BCUT2D eigenvalue weighted by Crippen LogP contribution is -2.55. The van der Waals surface area contributed by atoms with Gasteiger partial charge in [-0.3, -0.25) is 9.59 Å². The molecule has 2 amide bonds. The Morgan fingerprint density at radius 2 is 1.47 bits per heavy atom. The standard InChI is InChI=1S/C22H32N2O8/c1-21(2,3)31-17(13-10-8-7-9-11-13)16(19(28)29)24-18(27)14(12-15(25)26)23-20(30)32-22(4,5)6/h7-11,14,16-17H,12H2,1-6H3,(H,23,30)(H,24,27)(H,25,26)(H,28,29)/t14-,16-,17?/m0/s1. The van der Waals surface area contributed by atoms with Crippen molar-refractivity contribution in [3.63, 3.8) is 0 Å². The molecule has 10 nitrogen and oxygen atoms in total. The van der Waals surface area contributed by atoms with E-state index in [9.17, 15) is 24.3 Å². The van der Waals surface area contributed by atoms with Gasteiger partial charge in [0.2, 0.25) is 5.91 Å². The third kappa shape index (κ3) is 9.78. The van der Waals surface area contributed by atoms with Gasteiger partial charge in [0.15, 0.2) is 6.04 Å². The zero-order valence-corrected chi connectivity index (χ0v) is 19.2. The van der Waals surface area contributed by atoms with Gasteiger partial charge in [0, 0.05) is 0 Å². The SMILES string of the molecule is CC(C)(C)OC(=O)N[C@@H](CC(=O)O)C(=O)N[C@H](C(=O)O)C(OC(C)(C)C)c1ccccc1. The van der Waals surface area contributed by atoms with Crippen LogP contribution in [0, 0.1) is 0 Å². The highest BCUT2D eigenvalue weighted by Crippen LogP contribution is 2.27.